The molecule has 2 unspecified atom stereocenters. The van der Waals surface area contributed by atoms with E-state index in [0.29, 0.717) is 11.8 Å². The fourth-order valence-corrected chi connectivity index (χ4v) is 4.90. The van der Waals surface area contributed by atoms with Gasteiger partial charge in [-0.1, -0.05) is 53.4 Å². The average molecular weight is 658 g/mol. The maximum atomic E-state index is 3.36. The molecule has 0 N–H and O–H groups in total. The molecule has 0 aromatic heterocycles. The summed E-state index contributed by atoms with van der Waals surface area (Å²) in [6.07, 6.45) is 6.72. The first-order valence-electron chi connectivity index (χ1n) is 11.4. The van der Waals surface area contributed by atoms with Crippen molar-refractivity contribution in [3.63, 3.8) is 0 Å². The fourth-order valence-electron chi connectivity index (χ4n) is 3.70. The molecule has 4 rings (SSSR count). The van der Waals surface area contributed by atoms with Crippen LogP contribution in [0.25, 0.3) is 0 Å². The molecule has 2 aliphatic carbocycles. The van der Waals surface area contributed by atoms with Gasteiger partial charge >= 0.3 is 98.9 Å². The molecule has 2 aromatic rings. The van der Waals surface area contributed by atoms with Gasteiger partial charge in [0.05, 0.1) is 0 Å². The fraction of sp³-hybridized carbons (Fsp3) is 0.323. The van der Waals surface area contributed by atoms with Gasteiger partial charge in [-0.3, -0.25) is 12.2 Å². The Hall–Kier alpha value is -1.28. The van der Waals surface area contributed by atoms with Gasteiger partial charge in [0, 0.05) is 0 Å². The van der Waals surface area contributed by atoms with Gasteiger partial charge < -0.3 is 24.8 Å². The van der Waals surface area contributed by atoms with E-state index < -0.39 is 0 Å². The van der Waals surface area contributed by atoms with Crippen molar-refractivity contribution in [3.8, 4) is 0 Å². The van der Waals surface area contributed by atoms with E-state index in [4.69, 9.17) is 0 Å². The number of hydrogen-bond acceptors (Lipinski definition) is 0. The molecule has 0 spiro atoms. The third-order valence-electron chi connectivity index (χ3n) is 6.60. The molecule has 0 amide bonds. The summed E-state index contributed by atoms with van der Waals surface area (Å²) in [7, 11) is 0. The molecular weight excluding hydrogens is 622 g/mol. The van der Waals surface area contributed by atoms with Crippen LogP contribution in [0, 0.1) is 24.0 Å². The molecule has 0 saturated heterocycles. The Kier molecular flexibility index (Phi) is 15.1. The van der Waals surface area contributed by atoms with Crippen molar-refractivity contribution in [2.45, 2.75) is 55.4 Å². The van der Waals surface area contributed by atoms with Gasteiger partial charge in [0.1, 0.15) is 0 Å². The molecule has 0 saturated carbocycles. The molecule has 0 heterocycles. The zero-order valence-electron chi connectivity index (χ0n) is 21.7. The van der Waals surface area contributed by atoms with Crippen LogP contribution in [0.1, 0.15) is 66.5 Å². The zero-order valence-corrected chi connectivity index (χ0v) is 26.8. The topological polar surface area (TPSA) is 0 Å². The van der Waals surface area contributed by atoms with Crippen LogP contribution in [0.15, 0.2) is 94.1 Å². The van der Waals surface area contributed by atoms with Crippen LogP contribution in [0.5, 0.6) is 0 Å². The summed E-state index contributed by atoms with van der Waals surface area (Å²) < 4.78 is 1.46. The van der Waals surface area contributed by atoms with Gasteiger partial charge in [0.2, 0.25) is 0 Å². The summed E-state index contributed by atoms with van der Waals surface area (Å²) in [4.78, 5) is 0. The van der Waals surface area contributed by atoms with Crippen molar-refractivity contribution in [2.75, 3.05) is 0 Å². The average Bonchev–Trinajstić information content (AvgIpc) is 3.17. The van der Waals surface area contributed by atoms with Gasteiger partial charge in [-0.2, -0.15) is 22.3 Å². The van der Waals surface area contributed by atoms with E-state index in [2.05, 4.69) is 128 Å². The van der Waals surface area contributed by atoms with Crippen LogP contribution in [-0.2, 0) is 23.9 Å². The summed E-state index contributed by atoms with van der Waals surface area (Å²) in [5, 5.41) is 0. The Morgan fingerprint density at radius 3 is 1.06 bits per heavy atom. The maximum absolute atomic E-state index is 3.36. The Morgan fingerprint density at radius 2 is 0.882 bits per heavy atom. The molecule has 2 aromatic carbocycles. The number of halogens is 2. The summed E-state index contributed by atoms with van der Waals surface area (Å²) in [6.45, 7) is 17.3. The van der Waals surface area contributed by atoms with Crippen molar-refractivity contribution < 1.29 is 48.7 Å². The predicted molar refractivity (Wildman–Crippen MR) is 136 cm³/mol. The van der Waals surface area contributed by atoms with Gasteiger partial charge in [0.25, 0.3) is 0 Å². The molecule has 3 heteroatoms. The molecule has 2 aliphatic rings. The monoisotopic (exact) mass is 658 g/mol. The Labute approximate surface area is 235 Å². The van der Waals surface area contributed by atoms with Crippen LogP contribution in [-0.4, -0.2) is 3.26 Å². The van der Waals surface area contributed by atoms with Crippen LogP contribution in [0.3, 0.4) is 0 Å². The molecule has 0 bridgehead atoms. The molecule has 0 aliphatic heterocycles. The quantitative estimate of drug-likeness (QED) is 0.344. The molecule has 180 valence electrons. The molecular formula is C31H36Cl2Hf-2. The minimum absolute atomic E-state index is 0. The first-order valence-corrected chi connectivity index (χ1v) is 13.2. The van der Waals surface area contributed by atoms with Gasteiger partial charge in [-0.25, -0.2) is 11.1 Å². The Morgan fingerprint density at radius 1 is 0.588 bits per heavy atom. The molecule has 2 atom stereocenters. The van der Waals surface area contributed by atoms with E-state index in [9.17, 15) is 0 Å². The van der Waals surface area contributed by atoms with Gasteiger partial charge in [0.15, 0.2) is 0 Å². The minimum atomic E-state index is 0. The molecule has 34 heavy (non-hydrogen) atoms. The normalized spacial score (nSPS) is 18.4. The van der Waals surface area contributed by atoms with E-state index in [1.165, 1.54) is 47.8 Å². The van der Waals surface area contributed by atoms with Crippen LogP contribution < -0.4 is 24.8 Å². The number of benzene rings is 2. The van der Waals surface area contributed by atoms with Crippen molar-refractivity contribution >= 4 is 3.26 Å². The predicted octanol–water partition coefficient (Wildman–Crippen LogP) is 2.25. The third kappa shape index (κ3) is 9.06. The Bertz CT molecular complexity index is 972. The molecule has 0 radical (unpaired) electrons. The van der Waals surface area contributed by atoms with E-state index in [0.717, 1.165) is 23.9 Å². The molecule has 0 nitrogen and oxygen atoms in total. The van der Waals surface area contributed by atoms with Crippen LogP contribution in [0.4, 0.5) is 0 Å². The third-order valence-corrected chi connectivity index (χ3v) is 8.67. The summed E-state index contributed by atoms with van der Waals surface area (Å²) in [5.74, 6) is 1.12. The van der Waals surface area contributed by atoms with Crippen LogP contribution >= 0.6 is 0 Å². The summed E-state index contributed by atoms with van der Waals surface area (Å²) >= 11 is 1.08. The van der Waals surface area contributed by atoms with Crippen molar-refractivity contribution in [2.24, 2.45) is 11.8 Å². The van der Waals surface area contributed by atoms with Crippen molar-refractivity contribution in [1.29, 1.82) is 0 Å². The SMILES string of the molecule is CC1=[C-]C(C)C(C)=C1C.CC1=[C-]C(C)C(C)=C1C.[Cl-].[Cl-].[Hf+2]=[C](c1ccccc1)c1ccccc1. The van der Waals surface area contributed by atoms with Gasteiger partial charge in [-0.15, -0.1) is 13.8 Å². The van der Waals surface area contributed by atoms with Crippen LogP contribution in [0.2, 0.25) is 0 Å². The van der Waals surface area contributed by atoms with Crippen molar-refractivity contribution in [1.82, 2.24) is 0 Å². The summed E-state index contributed by atoms with van der Waals surface area (Å²) in [6, 6.07) is 21.2. The number of hydrogen-bond donors (Lipinski definition) is 0. The second-order valence-electron chi connectivity index (χ2n) is 8.71. The van der Waals surface area contributed by atoms with E-state index in [1.54, 1.807) is 0 Å². The standard InChI is InChI=1S/C13H10.2C9H13.2ClH.Hf/c1-3-7-12(8-4-1)11-13-9-5-2-6-10-13;2*1-6-5-7(2)9(4)8(6)3;;;/h1-10H;2*6H,1-4H3;2*1H;/q;2*-1;;;+2/p-2. The van der Waals surface area contributed by atoms with E-state index in [1.807, 2.05) is 0 Å². The zero-order chi connectivity index (χ0) is 23.8. The Balaban J connectivity index is 0.000000485. The first-order chi connectivity index (χ1) is 15.1. The van der Waals surface area contributed by atoms with Gasteiger partial charge in [-0.05, 0) is 0 Å². The summed E-state index contributed by atoms with van der Waals surface area (Å²) in [5.41, 5.74) is 11.2. The second-order valence-corrected chi connectivity index (χ2v) is 10.5. The van der Waals surface area contributed by atoms with E-state index >= 15 is 0 Å². The molecule has 0 fully saturated rings. The van der Waals surface area contributed by atoms with Crippen molar-refractivity contribution in [3.05, 3.63) is 117 Å². The first kappa shape index (κ1) is 32.7. The number of rotatable bonds is 2. The second kappa shape index (κ2) is 15.7. The van der Waals surface area contributed by atoms with E-state index in [-0.39, 0.29) is 24.8 Å². The number of allylic oxidation sites excluding steroid dienone is 8.